The van der Waals surface area contributed by atoms with E-state index in [2.05, 4.69) is 21.5 Å². The van der Waals surface area contributed by atoms with Gasteiger partial charge in [-0.25, -0.2) is 9.07 Å². The molecule has 4 atom stereocenters. The Morgan fingerprint density at radius 1 is 1.12 bits per heavy atom. The molecule has 2 aliphatic rings. The highest BCUT2D eigenvalue weighted by Gasteiger charge is 2.39. The van der Waals surface area contributed by atoms with Gasteiger partial charge in [-0.05, 0) is 45.1 Å². The third-order valence-electron chi connectivity index (χ3n) is 8.50. The number of anilines is 1. The van der Waals surface area contributed by atoms with E-state index >= 15 is 0 Å². The Balaban J connectivity index is 1.50. The van der Waals surface area contributed by atoms with E-state index in [1.807, 2.05) is 24.7 Å². The van der Waals surface area contributed by atoms with E-state index in [4.69, 9.17) is 9.84 Å². The molecule has 0 saturated carbocycles. The second-order valence-corrected chi connectivity index (χ2v) is 11.0. The van der Waals surface area contributed by atoms with Gasteiger partial charge in [0, 0.05) is 62.6 Å². The number of pyridine rings is 1. The third-order valence-corrected chi connectivity index (χ3v) is 8.50. The van der Waals surface area contributed by atoms with Crippen LogP contribution < -0.4 is 15.2 Å². The van der Waals surface area contributed by atoms with Crippen molar-refractivity contribution in [3.05, 3.63) is 52.2 Å². The predicted octanol–water partition coefficient (Wildman–Crippen LogP) is 5.91. The summed E-state index contributed by atoms with van der Waals surface area (Å²) >= 11 is 0. The minimum absolute atomic E-state index is 0.0425. The van der Waals surface area contributed by atoms with Gasteiger partial charge in [0.15, 0.2) is 0 Å². The van der Waals surface area contributed by atoms with Crippen LogP contribution in [0.25, 0.3) is 11.0 Å². The van der Waals surface area contributed by atoms with Gasteiger partial charge >= 0.3 is 6.36 Å². The average molecular weight is 580 g/mol. The van der Waals surface area contributed by atoms with Crippen LogP contribution in [0.15, 0.2) is 35.3 Å². The molecule has 4 heterocycles. The summed E-state index contributed by atoms with van der Waals surface area (Å²) in [5.41, 5.74) is 2.32. The van der Waals surface area contributed by atoms with Gasteiger partial charge in [-0.15, -0.1) is 13.2 Å². The number of aromatic nitrogens is 3. The fourth-order valence-electron chi connectivity index (χ4n) is 6.21. The molecule has 2 fully saturated rings. The maximum absolute atomic E-state index is 13.9. The summed E-state index contributed by atoms with van der Waals surface area (Å²) in [4.78, 5) is 17.5. The lowest BCUT2D eigenvalue weighted by molar-refractivity contribution is -0.275. The number of ether oxygens (including phenoxy) is 2. The first-order valence-corrected chi connectivity index (χ1v) is 14.3. The van der Waals surface area contributed by atoms with Crippen molar-refractivity contribution >= 4 is 16.7 Å². The van der Waals surface area contributed by atoms with Crippen molar-refractivity contribution in [2.24, 2.45) is 7.05 Å². The van der Waals surface area contributed by atoms with Gasteiger partial charge in [-0.2, -0.15) is 5.10 Å². The van der Waals surface area contributed by atoms with Gasteiger partial charge in [0.1, 0.15) is 23.3 Å². The number of alkyl halides is 3. The first kappa shape index (κ1) is 29.4. The summed E-state index contributed by atoms with van der Waals surface area (Å²) in [5.74, 6) is -1.32. The van der Waals surface area contributed by atoms with Crippen molar-refractivity contribution in [3.63, 3.8) is 0 Å². The molecule has 41 heavy (non-hydrogen) atoms. The highest BCUT2D eigenvalue weighted by molar-refractivity contribution is 5.88. The normalized spacial score (nSPS) is 23.2. The molecule has 1 aromatic carbocycles. The van der Waals surface area contributed by atoms with Crippen LogP contribution in [0.3, 0.4) is 0 Å². The lowest BCUT2D eigenvalue weighted by Crippen LogP contribution is -2.58. The predicted molar refractivity (Wildman–Crippen MR) is 148 cm³/mol. The summed E-state index contributed by atoms with van der Waals surface area (Å²) in [6.07, 6.45) is 1.13. The largest absolute Gasteiger partial charge is 0.573 e. The monoisotopic (exact) mass is 579 g/mol. The highest BCUT2D eigenvalue weighted by atomic mass is 19.4. The molecule has 0 bridgehead atoms. The summed E-state index contributed by atoms with van der Waals surface area (Å²) < 4.78 is 67.0. The number of hydrogen-bond donors (Lipinski definition) is 0. The lowest BCUT2D eigenvalue weighted by Gasteiger charge is -2.49. The van der Waals surface area contributed by atoms with Gasteiger partial charge in [0.05, 0.1) is 17.4 Å². The quantitative estimate of drug-likeness (QED) is 0.324. The average Bonchev–Trinajstić information content (AvgIpc) is 3.39. The molecule has 2 aliphatic heterocycles. The number of hydrogen-bond acceptors (Lipinski definition) is 6. The fourth-order valence-corrected chi connectivity index (χ4v) is 6.21. The maximum Gasteiger partial charge on any atom is 0.573 e. The summed E-state index contributed by atoms with van der Waals surface area (Å²) in [6, 6.07) is 4.37. The highest BCUT2D eigenvalue weighted by Crippen LogP contribution is 2.38. The number of aryl methyl sites for hydroxylation is 1. The molecule has 3 aromatic rings. The minimum Gasteiger partial charge on any atom is -0.405 e. The molecule has 12 heteroatoms. The Morgan fingerprint density at radius 2 is 1.88 bits per heavy atom. The number of piperazine rings is 1. The Kier molecular flexibility index (Phi) is 8.34. The summed E-state index contributed by atoms with van der Waals surface area (Å²) in [6.45, 7) is 7.65. The van der Waals surface area contributed by atoms with E-state index in [0.717, 1.165) is 54.5 Å². The summed E-state index contributed by atoms with van der Waals surface area (Å²) in [5, 5.41) is 4.91. The molecule has 2 unspecified atom stereocenters. The van der Waals surface area contributed by atoms with Crippen molar-refractivity contribution < 1.29 is 27.0 Å². The number of benzene rings is 1. The molecule has 0 aliphatic carbocycles. The number of fused-ring (bicyclic) bond motifs is 1. The van der Waals surface area contributed by atoms with Crippen molar-refractivity contribution in [1.29, 1.82) is 0 Å². The second kappa shape index (κ2) is 11.6. The van der Waals surface area contributed by atoms with E-state index in [9.17, 15) is 22.4 Å². The zero-order chi connectivity index (χ0) is 29.5. The maximum atomic E-state index is 13.9. The van der Waals surface area contributed by atoms with E-state index in [1.54, 1.807) is 17.7 Å². The number of nitrogens with zero attached hydrogens (tertiary/aromatic N) is 5. The molecule has 2 aromatic heterocycles. The van der Waals surface area contributed by atoms with E-state index in [1.165, 1.54) is 6.07 Å². The fraction of sp³-hybridized carbons (Fsp3) is 0.586. The molecular formula is C29H37F4N5O3. The minimum atomic E-state index is -4.94. The molecule has 0 N–H and O–H groups in total. The smallest absolute Gasteiger partial charge is 0.405 e. The van der Waals surface area contributed by atoms with Crippen molar-refractivity contribution in [2.75, 3.05) is 24.6 Å². The Hall–Kier alpha value is -3.12. The first-order chi connectivity index (χ1) is 19.5. The van der Waals surface area contributed by atoms with Crippen LogP contribution in [-0.2, 0) is 11.8 Å². The lowest BCUT2D eigenvalue weighted by atomic mass is 9.96. The Bertz CT molecular complexity index is 1430. The van der Waals surface area contributed by atoms with Gasteiger partial charge in [-0.1, -0.05) is 19.9 Å². The van der Waals surface area contributed by atoms with Crippen LogP contribution in [0.1, 0.15) is 70.7 Å². The van der Waals surface area contributed by atoms with Gasteiger partial charge in [0.2, 0.25) is 0 Å². The number of rotatable bonds is 7. The summed E-state index contributed by atoms with van der Waals surface area (Å²) in [7, 11) is 1.73. The van der Waals surface area contributed by atoms with Crippen LogP contribution in [0.2, 0.25) is 0 Å². The van der Waals surface area contributed by atoms with Crippen LogP contribution >= 0.6 is 0 Å². The van der Waals surface area contributed by atoms with Crippen LogP contribution in [-0.4, -0.2) is 57.4 Å². The zero-order valence-corrected chi connectivity index (χ0v) is 23.8. The molecule has 8 nitrogen and oxygen atoms in total. The van der Waals surface area contributed by atoms with Gasteiger partial charge in [-0.3, -0.25) is 9.69 Å². The Morgan fingerprint density at radius 3 is 2.54 bits per heavy atom. The van der Waals surface area contributed by atoms with E-state index in [-0.39, 0.29) is 29.4 Å². The van der Waals surface area contributed by atoms with E-state index in [0.29, 0.717) is 26.1 Å². The van der Waals surface area contributed by atoms with Crippen molar-refractivity contribution in [3.8, 4) is 5.75 Å². The van der Waals surface area contributed by atoms with Crippen molar-refractivity contribution in [2.45, 2.75) is 83.6 Å². The molecule has 5 rings (SSSR count). The molecule has 224 valence electrons. The van der Waals surface area contributed by atoms with Crippen LogP contribution in [0.5, 0.6) is 5.75 Å². The van der Waals surface area contributed by atoms with Gasteiger partial charge in [0.25, 0.3) is 5.56 Å². The Labute approximate surface area is 236 Å². The van der Waals surface area contributed by atoms with E-state index < -0.39 is 24.0 Å². The second-order valence-electron chi connectivity index (χ2n) is 11.0. The van der Waals surface area contributed by atoms with Crippen LogP contribution in [0, 0.1) is 5.82 Å². The third kappa shape index (κ3) is 5.94. The molecular weight excluding hydrogens is 542 g/mol. The molecule has 0 amide bonds. The standard InChI is InChI=1S/C29H37F4N5O3/c1-5-20-16-37(23-14-26(39)35(4)24-17-38(34-28(23)24)27-9-7-8-12-40-27)21(6-2)15-36(20)18(3)22-11-10-19(30)13-25(22)41-29(31,32)33/h10-11,13-14,17-18,20-21,27H,5-9,12,15-16H2,1-4H3/t18?,20-,21+,27?/m1/s1. The SMILES string of the molecule is CC[C@H]1CN(C(C)c2ccc(F)cc2OC(F)(F)F)[C@H](CC)CN1c1cc(=O)n(C)c2cn(C3CCCCO3)nc12. The van der Waals surface area contributed by atoms with Crippen molar-refractivity contribution in [1.82, 2.24) is 19.2 Å². The first-order valence-electron chi connectivity index (χ1n) is 14.3. The van der Waals surface area contributed by atoms with Gasteiger partial charge < -0.3 is 18.9 Å². The van der Waals surface area contributed by atoms with Crippen LogP contribution in [0.4, 0.5) is 23.2 Å². The molecule has 2 saturated heterocycles. The number of halogens is 4. The topological polar surface area (TPSA) is 64.8 Å². The molecule has 0 spiro atoms. The molecule has 0 radical (unpaired) electrons. The zero-order valence-electron chi connectivity index (χ0n) is 23.8.